The van der Waals surface area contributed by atoms with Gasteiger partial charge in [-0.3, -0.25) is 0 Å². The SMILES string of the molecule is c1ccc([P+](Cc2ccc(C[NH2+]Cc3ccc(C[P+](c4ccccc4)(c4ccccc4)c4ccccc4)cc3)cc2)(c2ccccc2)c2ccccc2)cc1. The summed E-state index contributed by atoms with van der Waals surface area (Å²) < 4.78 is 0. The molecule has 1 nitrogen and oxygen atoms in total. The zero-order chi connectivity index (χ0) is 37.2. The number of hydrogen-bond donors (Lipinski definition) is 1. The van der Waals surface area contributed by atoms with Crippen molar-refractivity contribution >= 4 is 46.4 Å². The maximum absolute atomic E-state index is 2.43. The molecule has 2 N–H and O–H groups in total. The summed E-state index contributed by atoms with van der Waals surface area (Å²) in [4.78, 5) is 0. The second-order valence-electron chi connectivity index (χ2n) is 14.3. The Labute approximate surface area is 328 Å². The highest BCUT2D eigenvalue weighted by atomic mass is 31.2. The molecule has 0 fully saturated rings. The molecule has 0 radical (unpaired) electrons. The van der Waals surface area contributed by atoms with E-state index in [1.54, 1.807) is 0 Å². The van der Waals surface area contributed by atoms with E-state index in [9.17, 15) is 0 Å². The number of rotatable bonds is 14. The molecular formula is C52H48NP2+3. The lowest BCUT2D eigenvalue weighted by molar-refractivity contribution is -0.686. The minimum absolute atomic E-state index is 0.947. The topological polar surface area (TPSA) is 16.6 Å². The molecule has 0 aliphatic heterocycles. The predicted octanol–water partition coefficient (Wildman–Crippen LogP) is 8.94. The van der Waals surface area contributed by atoms with Gasteiger partial charge >= 0.3 is 0 Å². The van der Waals surface area contributed by atoms with Crippen molar-refractivity contribution in [3.8, 4) is 0 Å². The van der Waals surface area contributed by atoms with Crippen molar-refractivity contribution in [2.45, 2.75) is 25.4 Å². The summed E-state index contributed by atoms with van der Waals surface area (Å²) in [6.07, 6.45) is 1.98. The molecule has 0 unspecified atom stereocenters. The van der Waals surface area contributed by atoms with Gasteiger partial charge in [0.15, 0.2) is 0 Å². The van der Waals surface area contributed by atoms with Gasteiger partial charge in [-0.05, 0) is 83.9 Å². The zero-order valence-corrected chi connectivity index (χ0v) is 33.0. The van der Waals surface area contributed by atoms with E-state index in [1.165, 1.54) is 54.1 Å². The van der Waals surface area contributed by atoms with Crippen LogP contribution in [0.5, 0.6) is 0 Å². The van der Waals surface area contributed by atoms with Crippen molar-refractivity contribution in [3.05, 3.63) is 253 Å². The van der Waals surface area contributed by atoms with Crippen molar-refractivity contribution in [2.24, 2.45) is 0 Å². The van der Waals surface area contributed by atoms with Crippen LogP contribution in [0.1, 0.15) is 22.3 Å². The van der Waals surface area contributed by atoms with E-state index in [4.69, 9.17) is 0 Å². The fourth-order valence-corrected chi connectivity index (χ4v) is 16.5. The largest absolute Gasteiger partial charge is 0.339 e. The minimum Gasteiger partial charge on any atom is -0.339 e. The van der Waals surface area contributed by atoms with Crippen molar-refractivity contribution in [1.29, 1.82) is 0 Å². The average Bonchev–Trinajstić information content (AvgIpc) is 3.27. The summed E-state index contributed by atoms with van der Waals surface area (Å²) in [5.74, 6) is 0. The van der Waals surface area contributed by atoms with Crippen LogP contribution in [0.15, 0.2) is 231 Å². The first-order valence-electron chi connectivity index (χ1n) is 19.3. The van der Waals surface area contributed by atoms with Gasteiger partial charge in [-0.1, -0.05) is 158 Å². The molecule has 0 spiro atoms. The van der Waals surface area contributed by atoms with E-state index in [0.717, 1.165) is 25.4 Å². The molecule has 8 aromatic carbocycles. The Morgan fingerprint density at radius 2 is 0.436 bits per heavy atom. The van der Waals surface area contributed by atoms with E-state index in [1.807, 2.05) is 0 Å². The van der Waals surface area contributed by atoms with Gasteiger partial charge in [0.05, 0.1) is 12.3 Å². The summed E-state index contributed by atoms with van der Waals surface area (Å²) in [5.41, 5.74) is 5.47. The van der Waals surface area contributed by atoms with Crippen LogP contribution in [0.2, 0.25) is 0 Å². The van der Waals surface area contributed by atoms with Gasteiger partial charge in [-0.2, -0.15) is 0 Å². The Morgan fingerprint density at radius 3 is 0.655 bits per heavy atom. The molecule has 0 aromatic heterocycles. The Kier molecular flexibility index (Phi) is 11.5. The second kappa shape index (κ2) is 17.4. The molecule has 55 heavy (non-hydrogen) atoms. The Morgan fingerprint density at radius 1 is 0.236 bits per heavy atom. The molecule has 0 heterocycles. The fourth-order valence-electron chi connectivity index (χ4n) is 8.05. The molecule has 0 amide bonds. The summed E-state index contributed by atoms with van der Waals surface area (Å²) >= 11 is 0. The Hall–Kier alpha value is -5.42. The Bertz CT molecular complexity index is 1980. The summed E-state index contributed by atoms with van der Waals surface area (Å²) in [6, 6.07) is 85.8. The van der Waals surface area contributed by atoms with Crippen LogP contribution in [0.3, 0.4) is 0 Å². The first kappa shape index (κ1) is 36.6. The maximum Gasteiger partial charge on any atom is 0.116 e. The summed E-state index contributed by atoms with van der Waals surface area (Å²) in [7, 11) is -3.86. The molecular weight excluding hydrogens is 701 g/mol. The maximum atomic E-state index is 2.43. The normalized spacial score (nSPS) is 11.6. The van der Waals surface area contributed by atoms with Gasteiger partial charge in [-0.25, -0.2) is 0 Å². The Balaban J connectivity index is 0.981. The van der Waals surface area contributed by atoms with Gasteiger partial charge in [0.1, 0.15) is 59.4 Å². The van der Waals surface area contributed by atoms with E-state index >= 15 is 0 Å². The highest BCUT2D eigenvalue weighted by molar-refractivity contribution is 7.95. The predicted molar refractivity (Wildman–Crippen MR) is 240 cm³/mol. The molecule has 0 aliphatic carbocycles. The molecule has 0 saturated heterocycles. The van der Waals surface area contributed by atoms with Crippen LogP contribution in [0, 0.1) is 0 Å². The quantitative estimate of drug-likeness (QED) is 0.107. The zero-order valence-electron chi connectivity index (χ0n) is 31.2. The molecule has 0 aliphatic rings. The van der Waals surface area contributed by atoms with Gasteiger partial charge in [0, 0.05) is 11.1 Å². The number of hydrogen-bond acceptors (Lipinski definition) is 0. The third-order valence-electron chi connectivity index (χ3n) is 10.8. The lowest BCUT2D eigenvalue weighted by Gasteiger charge is -2.28. The van der Waals surface area contributed by atoms with Gasteiger partial charge in [0.2, 0.25) is 0 Å². The van der Waals surface area contributed by atoms with Crippen molar-refractivity contribution in [1.82, 2.24) is 0 Å². The van der Waals surface area contributed by atoms with Crippen LogP contribution in [-0.4, -0.2) is 0 Å². The molecule has 8 rings (SSSR count). The van der Waals surface area contributed by atoms with Crippen LogP contribution < -0.4 is 37.1 Å². The summed E-state index contributed by atoms with van der Waals surface area (Å²) in [6.45, 7) is 1.89. The number of benzene rings is 8. The highest BCUT2D eigenvalue weighted by Crippen LogP contribution is 2.59. The summed E-state index contributed by atoms with van der Waals surface area (Å²) in [5, 5.41) is 10.9. The molecule has 0 saturated carbocycles. The van der Waals surface area contributed by atoms with Gasteiger partial charge in [0.25, 0.3) is 0 Å². The van der Waals surface area contributed by atoms with Crippen LogP contribution in [-0.2, 0) is 25.4 Å². The van der Waals surface area contributed by atoms with E-state index in [0.29, 0.717) is 0 Å². The van der Waals surface area contributed by atoms with Crippen molar-refractivity contribution in [2.75, 3.05) is 0 Å². The van der Waals surface area contributed by atoms with Crippen molar-refractivity contribution < 1.29 is 5.32 Å². The standard InChI is InChI=1S/C52H47NP2/c1-7-19-47(20-8-1)54(48-21-9-2-10-22-48,49-23-11-3-12-24-49)41-45-35-31-43(32-36-45)39-53-40-44-33-37-46(38-34-44)42-55(50-25-13-4-14-26-50,51-27-15-5-16-28-51)52-29-17-6-18-30-52/h1-38,53H,39-42H2/q+2/p+1. The second-order valence-corrected chi connectivity index (χ2v) is 21.2. The monoisotopic (exact) mass is 748 g/mol. The smallest absolute Gasteiger partial charge is 0.116 e. The molecule has 0 bridgehead atoms. The minimum atomic E-state index is -1.93. The van der Waals surface area contributed by atoms with E-state index < -0.39 is 14.5 Å². The first-order valence-corrected chi connectivity index (χ1v) is 23.3. The lowest BCUT2D eigenvalue weighted by Crippen LogP contribution is -2.80. The number of quaternary nitrogens is 1. The van der Waals surface area contributed by atoms with Crippen LogP contribution in [0.25, 0.3) is 0 Å². The molecule has 3 heteroatoms. The molecule has 0 atom stereocenters. The fraction of sp³-hybridized carbons (Fsp3) is 0.0769. The average molecular weight is 749 g/mol. The third-order valence-corrected chi connectivity index (χ3v) is 19.6. The van der Waals surface area contributed by atoms with Crippen molar-refractivity contribution in [3.63, 3.8) is 0 Å². The van der Waals surface area contributed by atoms with E-state index in [2.05, 4.69) is 236 Å². The lowest BCUT2D eigenvalue weighted by atomic mass is 10.1. The number of nitrogens with two attached hydrogens (primary N) is 1. The van der Waals surface area contributed by atoms with E-state index in [-0.39, 0.29) is 0 Å². The van der Waals surface area contributed by atoms with Crippen LogP contribution >= 0.6 is 14.5 Å². The molecule has 268 valence electrons. The van der Waals surface area contributed by atoms with Crippen LogP contribution in [0.4, 0.5) is 0 Å². The third kappa shape index (κ3) is 8.03. The first-order chi connectivity index (χ1) is 27.2. The highest BCUT2D eigenvalue weighted by Gasteiger charge is 2.46. The van der Waals surface area contributed by atoms with Gasteiger partial charge < -0.3 is 5.32 Å². The molecule has 8 aromatic rings. The van der Waals surface area contributed by atoms with Gasteiger partial charge in [-0.15, -0.1) is 0 Å².